The van der Waals surface area contributed by atoms with Crippen molar-refractivity contribution < 1.29 is 33.4 Å². The monoisotopic (exact) mass is 530 g/mol. The van der Waals surface area contributed by atoms with Gasteiger partial charge in [0.15, 0.2) is 18.1 Å². The van der Waals surface area contributed by atoms with Crippen LogP contribution in [0.15, 0.2) is 40.4 Å². The molecule has 0 radical (unpaired) electrons. The normalized spacial score (nSPS) is 14.8. The molecule has 2 aromatic carbocycles. The molecule has 1 aliphatic rings. The van der Waals surface area contributed by atoms with E-state index in [1.54, 1.807) is 31.2 Å². The van der Waals surface area contributed by atoms with Crippen molar-refractivity contribution in [2.24, 2.45) is 0 Å². The lowest BCUT2D eigenvalue weighted by Crippen LogP contribution is -2.54. The van der Waals surface area contributed by atoms with Crippen molar-refractivity contribution in [2.75, 3.05) is 25.2 Å². The summed E-state index contributed by atoms with van der Waals surface area (Å²) in [6.45, 7) is 5.37. The highest BCUT2D eigenvalue weighted by Gasteiger charge is 2.37. The van der Waals surface area contributed by atoms with Gasteiger partial charge in [-0.15, -0.1) is 0 Å². The number of carbonyl (C=O) groups is 4. The second-order valence-corrected chi connectivity index (χ2v) is 8.21. The van der Waals surface area contributed by atoms with Gasteiger partial charge in [-0.1, -0.05) is 6.07 Å². The average molecular weight is 531 g/mol. The predicted molar refractivity (Wildman–Crippen MR) is 128 cm³/mol. The molecule has 0 aliphatic carbocycles. The molecular weight excluding hydrogens is 508 g/mol. The number of amides is 4. The Kier molecular flexibility index (Phi) is 7.72. The summed E-state index contributed by atoms with van der Waals surface area (Å²) in [5.74, 6) is -1.59. The van der Waals surface area contributed by atoms with Gasteiger partial charge in [-0.2, -0.15) is 0 Å². The van der Waals surface area contributed by atoms with Crippen molar-refractivity contribution in [1.82, 2.24) is 5.32 Å². The maximum Gasteiger partial charge on any atom is 0.344 e. The molecule has 2 aromatic rings. The number of nitrogens with one attached hydrogen (secondary N) is 1. The Morgan fingerprint density at radius 2 is 1.85 bits per heavy atom. The predicted octanol–water partition coefficient (Wildman–Crippen LogP) is 3.68. The van der Waals surface area contributed by atoms with Crippen molar-refractivity contribution in [3.8, 4) is 11.5 Å². The number of rotatable bonds is 7. The zero-order valence-corrected chi connectivity index (χ0v) is 20.6. The number of methoxy groups -OCH3 is 1. The first-order chi connectivity index (χ1) is 16.2. The largest absolute Gasteiger partial charge is 0.493 e. The van der Waals surface area contributed by atoms with Crippen LogP contribution in [0.4, 0.5) is 10.5 Å². The molecule has 0 spiro atoms. The van der Waals surface area contributed by atoms with Crippen LogP contribution in [-0.2, 0) is 19.1 Å². The second kappa shape index (κ2) is 10.5. The third-order valence-corrected chi connectivity index (χ3v) is 5.64. The first kappa shape index (κ1) is 25.0. The molecule has 4 amide bonds. The summed E-state index contributed by atoms with van der Waals surface area (Å²) in [6.07, 6.45) is 1.35. The van der Waals surface area contributed by atoms with E-state index in [9.17, 15) is 19.2 Å². The van der Waals surface area contributed by atoms with Gasteiger partial charge < -0.3 is 14.2 Å². The lowest BCUT2D eigenvalue weighted by molar-refractivity contribution is -0.145. The molecular formula is C24H23BrN2O7. The molecule has 0 saturated carbocycles. The van der Waals surface area contributed by atoms with E-state index in [4.69, 9.17) is 14.2 Å². The van der Waals surface area contributed by atoms with Gasteiger partial charge in [0.2, 0.25) is 0 Å². The number of urea groups is 1. The standard InChI is InChI=1S/C24H23BrN2O7/c1-5-33-20(28)12-34-21-18(25)10-15(11-19(21)32-4)9-17-22(29)26-24(31)27(23(17)30)16-7-6-13(2)14(3)8-16/h6-11H,5,12H2,1-4H3,(H,26,29,31)/b17-9+. The summed E-state index contributed by atoms with van der Waals surface area (Å²) in [4.78, 5) is 50.6. The number of benzene rings is 2. The number of aryl methyl sites for hydroxylation is 2. The van der Waals surface area contributed by atoms with Gasteiger partial charge in [0.1, 0.15) is 5.57 Å². The van der Waals surface area contributed by atoms with Gasteiger partial charge in [-0.05, 0) is 83.7 Å². The maximum absolute atomic E-state index is 13.1. The number of nitrogens with zero attached hydrogens (tertiary/aromatic N) is 1. The van der Waals surface area contributed by atoms with Crippen LogP contribution in [0.2, 0.25) is 0 Å². The number of halogens is 1. The molecule has 0 bridgehead atoms. The number of barbiturate groups is 1. The number of esters is 1. The minimum Gasteiger partial charge on any atom is -0.493 e. The highest BCUT2D eigenvalue weighted by atomic mass is 79.9. The summed E-state index contributed by atoms with van der Waals surface area (Å²) in [7, 11) is 1.41. The van der Waals surface area contributed by atoms with E-state index < -0.39 is 23.8 Å². The molecule has 1 N–H and O–H groups in total. The first-order valence-electron chi connectivity index (χ1n) is 10.3. The Morgan fingerprint density at radius 3 is 2.50 bits per heavy atom. The fourth-order valence-corrected chi connectivity index (χ4v) is 3.79. The number of anilines is 1. The molecule has 178 valence electrons. The van der Waals surface area contributed by atoms with Crippen LogP contribution in [0.1, 0.15) is 23.6 Å². The van der Waals surface area contributed by atoms with Crippen molar-refractivity contribution >= 4 is 51.5 Å². The summed E-state index contributed by atoms with van der Waals surface area (Å²) < 4.78 is 16.1. The molecule has 0 unspecified atom stereocenters. The molecule has 1 aliphatic heterocycles. The summed E-state index contributed by atoms with van der Waals surface area (Å²) in [6, 6.07) is 7.44. The summed E-state index contributed by atoms with van der Waals surface area (Å²) in [5, 5.41) is 2.20. The molecule has 34 heavy (non-hydrogen) atoms. The van der Waals surface area contributed by atoms with Crippen LogP contribution in [0, 0.1) is 13.8 Å². The van der Waals surface area contributed by atoms with Gasteiger partial charge in [0.05, 0.1) is 23.9 Å². The zero-order valence-electron chi connectivity index (χ0n) is 19.1. The number of hydrogen-bond donors (Lipinski definition) is 1. The van der Waals surface area contributed by atoms with Crippen LogP contribution < -0.4 is 19.7 Å². The smallest absolute Gasteiger partial charge is 0.344 e. The molecule has 3 rings (SSSR count). The molecule has 10 heteroatoms. The van der Waals surface area contributed by atoms with Gasteiger partial charge in [-0.25, -0.2) is 14.5 Å². The van der Waals surface area contributed by atoms with Gasteiger partial charge in [-0.3, -0.25) is 14.9 Å². The molecule has 1 saturated heterocycles. The van der Waals surface area contributed by atoms with E-state index in [0.29, 0.717) is 15.7 Å². The summed E-state index contributed by atoms with van der Waals surface area (Å²) in [5.41, 5.74) is 2.45. The molecule has 9 nitrogen and oxygen atoms in total. The van der Waals surface area contributed by atoms with E-state index >= 15 is 0 Å². The minimum absolute atomic E-state index is 0.227. The lowest BCUT2D eigenvalue weighted by atomic mass is 10.0. The quantitative estimate of drug-likeness (QED) is 0.330. The highest BCUT2D eigenvalue weighted by Crippen LogP contribution is 2.37. The third kappa shape index (κ3) is 5.28. The van der Waals surface area contributed by atoms with Crippen LogP contribution in [0.5, 0.6) is 11.5 Å². The lowest BCUT2D eigenvalue weighted by Gasteiger charge is -2.27. The minimum atomic E-state index is -0.822. The van der Waals surface area contributed by atoms with Crippen molar-refractivity contribution in [3.05, 3.63) is 57.1 Å². The first-order valence-corrected chi connectivity index (χ1v) is 11.1. The van der Waals surface area contributed by atoms with Crippen molar-refractivity contribution in [3.63, 3.8) is 0 Å². The Balaban J connectivity index is 1.95. The summed E-state index contributed by atoms with van der Waals surface area (Å²) >= 11 is 3.36. The zero-order chi connectivity index (χ0) is 25.0. The van der Waals surface area contributed by atoms with E-state index in [2.05, 4.69) is 21.2 Å². The van der Waals surface area contributed by atoms with Crippen molar-refractivity contribution in [1.29, 1.82) is 0 Å². The Morgan fingerprint density at radius 1 is 1.12 bits per heavy atom. The van der Waals surface area contributed by atoms with Crippen LogP contribution in [0.3, 0.4) is 0 Å². The molecule has 0 atom stereocenters. The maximum atomic E-state index is 13.1. The molecule has 0 aromatic heterocycles. The van der Waals surface area contributed by atoms with Crippen LogP contribution in [0.25, 0.3) is 6.08 Å². The Labute approximate surface area is 204 Å². The number of carbonyl (C=O) groups excluding carboxylic acids is 4. The van der Waals surface area contributed by atoms with Gasteiger partial charge in [0, 0.05) is 0 Å². The van der Waals surface area contributed by atoms with Gasteiger partial charge >= 0.3 is 12.0 Å². The number of imide groups is 2. The van der Waals surface area contributed by atoms with Gasteiger partial charge in [0.25, 0.3) is 11.8 Å². The van der Waals surface area contributed by atoms with Crippen LogP contribution >= 0.6 is 15.9 Å². The fourth-order valence-electron chi connectivity index (χ4n) is 3.22. The van der Waals surface area contributed by atoms with E-state index in [-0.39, 0.29) is 30.3 Å². The molecule has 1 heterocycles. The van der Waals surface area contributed by atoms with Crippen LogP contribution in [-0.4, -0.2) is 44.1 Å². The Bertz CT molecular complexity index is 1210. The van der Waals surface area contributed by atoms with Crippen molar-refractivity contribution in [2.45, 2.75) is 20.8 Å². The second-order valence-electron chi connectivity index (χ2n) is 7.35. The van der Waals surface area contributed by atoms with E-state index in [0.717, 1.165) is 16.0 Å². The number of hydrogen-bond acceptors (Lipinski definition) is 7. The fraction of sp³-hybridized carbons (Fsp3) is 0.250. The third-order valence-electron chi connectivity index (χ3n) is 5.05. The topological polar surface area (TPSA) is 111 Å². The highest BCUT2D eigenvalue weighted by molar-refractivity contribution is 9.10. The SMILES string of the molecule is CCOC(=O)COc1c(Br)cc(/C=C2\C(=O)NC(=O)N(c3ccc(C)c(C)c3)C2=O)cc1OC. The number of ether oxygens (including phenoxy) is 3. The van der Waals surface area contributed by atoms with E-state index in [1.165, 1.54) is 19.3 Å². The average Bonchev–Trinajstić information content (AvgIpc) is 2.78. The molecule has 1 fully saturated rings. The Hall–Kier alpha value is -3.66. The van der Waals surface area contributed by atoms with E-state index in [1.807, 2.05) is 13.8 Å².